The van der Waals surface area contributed by atoms with Crippen molar-refractivity contribution in [2.24, 2.45) is 36.1 Å². The molecule has 3 N–H and O–H groups in total. The van der Waals surface area contributed by atoms with Gasteiger partial charge in [-0.05, 0) is 42.2 Å². The Kier molecular flexibility index (Phi) is 6.27. The van der Waals surface area contributed by atoms with Crippen molar-refractivity contribution in [3.63, 3.8) is 0 Å². The zero-order chi connectivity index (χ0) is 26.0. The van der Waals surface area contributed by atoms with Crippen LogP contribution in [0.4, 0.5) is 10.6 Å². The minimum atomic E-state index is -2.12. The van der Waals surface area contributed by atoms with Crippen molar-refractivity contribution < 1.29 is 29.6 Å². The van der Waals surface area contributed by atoms with Crippen LogP contribution in [-0.4, -0.2) is 68.4 Å². The Morgan fingerprint density at radius 3 is 2.46 bits per heavy atom. The van der Waals surface area contributed by atoms with E-state index in [9.17, 15) is 24.9 Å². The molecule has 4 rings (SSSR count). The van der Waals surface area contributed by atoms with E-state index in [0.717, 1.165) is 12.1 Å². The number of aliphatic hydroxyl groups is 3. The molecule has 0 aliphatic heterocycles. The van der Waals surface area contributed by atoms with Crippen LogP contribution in [0.3, 0.4) is 0 Å². The minimum Gasteiger partial charge on any atom is -0.438 e. The van der Waals surface area contributed by atoms with E-state index in [-0.39, 0.29) is 22.7 Å². The number of carbonyl (C=O) groups excluding carboxylic acids is 2. The summed E-state index contributed by atoms with van der Waals surface area (Å²) >= 11 is 0. The number of aliphatic hydroxyl groups excluding tert-OH is 2. The van der Waals surface area contributed by atoms with Crippen LogP contribution in [0.15, 0.2) is 29.4 Å². The molecule has 0 spiro atoms. The summed E-state index contributed by atoms with van der Waals surface area (Å²) in [5.41, 5.74) is -0.810. The molecule has 0 saturated heterocycles. The van der Waals surface area contributed by atoms with Gasteiger partial charge in [-0.2, -0.15) is 5.10 Å². The van der Waals surface area contributed by atoms with Crippen LogP contribution in [-0.2, 0) is 16.6 Å². The molecule has 9 heteroatoms. The number of allylic oxidation sites excluding steroid dienone is 1. The first kappa shape index (κ1) is 25.6. The van der Waals surface area contributed by atoms with Crippen molar-refractivity contribution in [2.75, 3.05) is 18.6 Å². The number of anilines is 1. The first-order valence-corrected chi connectivity index (χ1v) is 12.2. The van der Waals surface area contributed by atoms with E-state index in [2.05, 4.69) is 25.9 Å². The van der Waals surface area contributed by atoms with Gasteiger partial charge in [-0.1, -0.05) is 39.3 Å². The number of hydrogen-bond donors (Lipinski definition) is 3. The summed E-state index contributed by atoms with van der Waals surface area (Å²) in [7, 11) is 3.23. The summed E-state index contributed by atoms with van der Waals surface area (Å²) in [5, 5.41) is 37.5. The van der Waals surface area contributed by atoms with Gasteiger partial charge in [0.05, 0.1) is 18.2 Å². The summed E-state index contributed by atoms with van der Waals surface area (Å²) in [4.78, 5) is 28.2. The average Bonchev–Trinajstić information content (AvgIpc) is 3.05. The highest BCUT2D eigenvalue weighted by Gasteiger charge is 2.66. The number of rotatable bonds is 5. The van der Waals surface area contributed by atoms with E-state index < -0.39 is 42.3 Å². The molecular formula is C26H37N3O6. The van der Waals surface area contributed by atoms with Crippen molar-refractivity contribution in [3.05, 3.63) is 35.1 Å². The number of ketones is 1. The highest BCUT2D eigenvalue weighted by Crippen LogP contribution is 2.65. The highest BCUT2D eigenvalue weighted by atomic mass is 16.6. The lowest BCUT2D eigenvalue weighted by Gasteiger charge is -2.39. The molecule has 0 radical (unpaired) electrons. The summed E-state index contributed by atoms with van der Waals surface area (Å²) in [6.07, 6.45) is 0.551. The molecule has 1 saturated carbocycles. The molecule has 1 fully saturated rings. The van der Waals surface area contributed by atoms with Crippen LogP contribution in [0, 0.1) is 36.0 Å². The second-order valence-corrected chi connectivity index (χ2v) is 11.0. The number of hydrogen-bond acceptors (Lipinski definition) is 7. The molecule has 7 atom stereocenters. The van der Waals surface area contributed by atoms with Gasteiger partial charge in [-0.25, -0.2) is 4.79 Å². The van der Waals surface area contributed by atoms with Crippen LogP contribution in [0.1, 0.15) is 39.8 Å². The van der Waals surface area contributed by atoms with Gasteiger partial charge in [0.2, 0.25) is 0 Å². The minimum absolute atomic E-state index is 0.0469. The maximum atomic E-state index is 13.8. The number of aryl methyl sites for hydroxylation is 2. The van der Waals surface area contributed by atoms with Crippen molar-refractivity contribution in [2.45, 2.75) is 58.8 Å². The van der Waals surface area contributed by atoms with Gasteiger partial charge in [0.15, 0.2) is 6.10 Å². The van der Waals surface area contributed by atoms with Gasteiger partial charge in [-0.3, -0.25) is 14.4 Å². The maximum absolute atomic E-state index is 13.8. The average molecular weight is 488 g/mol. The number of fused-ring (bicyclic) bond motifs is 1. The first-order chi connectivity index (χ1) is 16.3. The zero-order valence-corrected chi connectivity index (χ0v) is 21.5. The lowest BCUT2D eigenvalue weighted by atomic mass is 9.77. The second kappa shape index (κ2) is 8.57. The maximum Gasteiger partial charge on any atom is 0.415 e. The summed E-state index contributed by atoms with van der Waals surface area (Å²) < 4.78 is 7.28. The fourth-order valence-corrected chi connectivity index (χ4v) is 6.61. The molecule has 1 amide bonds. The quantitative estimate of drug-likeness (QED) is 0.544. The van der Waals surface area contributed by atoms with Crippen LogP contribution in [0.2, 0.25) is 0 Å². The van der Waals surface area contributed by atoms with Crippen LogP contribution < -0.4 is 4.90 Å². The Labute approximate surface area is 206 Å². The van der Waals surface area contributed by atoms with Gasteiger partial charge >= 0.3 is 6.09 Å². The lowest BCUT2D eigenvalue weighted by molar-refractivity contribution is -0.155. The molecule has 1 aromatic rings. The van der Waals surface area contributed by atoms with Gasteiger partial charge < -0.3 is 20.1 Å². The third-order valence-corrected chi connectivity index (χ3v) is 8.54. The Bertz CT molecular complexity index is 1100. The summed E-state index contributed by atoms with van der Waals surface area (Å²) in [5.74, 6) is -0.982. The van der Waals surface area contributed by atoms with E-state index in [1.807, 2.05) is 0 Å². The first-order valence-electron chi connectivity index (χ1n) is 12.2. The fourth-order valence-electron chi connectivity index (χ4n) is 6.61. The molecule has 35 heavy (non-hydrogen) atoms. The molecule has 3 aliphatic rings. The smallest absolute Gasteiger partial charge is 0.415 e. The largest absolute Gasteiger partial charge is 0.438 e. The van der Waals surface area contributed by atoms with Gasteiger partial charge in [0.1, 0.15) is 23.3 Å². The van der Waals surface area contributed by atoms with E-state index in [4.69, 9.17) is 4.74 Å². The number of amides is 1. The highest BCUT2D eigenvalue weighted by molar-refractivity contribution is 5.91. The van der Waals surface area contributed by atoms with Gasteiger partial charge in [0, 0.05) is 26.1 Å². The Balaban J connectivity index is 1.67. The standard InChI is InChI=1S/C26H37N3O6/c1-8-17-20(25(17,4)5)16-11-15(12-30)22(32)26(34)18(21(16)31)9-13(2)23(26)35-24(33)28(6)19-10-14(3)27-29(19)7/h9-11,16-18,20,22-23,30,32,34H,8,12H2,1-7H3/t16-,17+,18?,20-,22+,23-,26-/m0/s1. The van der Waals surface area contributed by atoms with Crippen molar-refractivity contribution in [1.82, 2.24) is 9.78 Å². The van der Waals surface area contributed by atoms with Crippen molar-refractivity contribution in [1.29, 1.82) is 0 Å². The Hall–Kier alpha value is -2.49. The summed E-state index contributed by atoms with van der Waals surface area (Å²) in [6, 6.07) is 1.72. The van der Waals surface area contributed by atoms with Crippen LogP contribution >= 0.6 is 0 Å². The van der Waals surface area contributed by atoms with Crippen LogP contribution in [0.25, 0.3) is 0 Å². The van der Waals surface area contributed by atoms with Crippen molar-refractivity contribution in [3.8, 4) is 0 Å². The van der Waals surface area contributed by atoms with Crippen LogP contribution in [0.5, 0.6) is 0 Å². The molecule has 1 unspecified atom stereocenters. The van der Waals surface area contributed by atoms with Crippen molar-refractivity contribution >= 4 is 17.7 Å². The summed E-state index contributed by atoms with van der Waals surface area (Å²) in [6.45, 7) is 9.29. The second-order valence-electron chi connectivity index (χ2n) is 11.0. The van der Waals surface area contributed by atoms with Gasteiger partial charge in [0.25, 0.3) is 0 Å². The normalized spacial score (nSPS) is 35.7. The molecular weight excluding hydrogens is 450 g/mol. The van der Waals surface area contributed by atoms with Gasteiger partial charge in [-0.15, -0.1) is 0 Å². The molecule has 1 heterocycles. The molecule has 3 aliphatic carbocycles. The number of carbonyl (C=O) groups is 2. The predicted molar refractivity (Wildman–Crippen MR) is 130 cm³/mol. The van der Waals surface area contributed by atoms with E-state index in [1.54, 1.807) is 39.1 Å². The number of aromatic nitrogens is 2. The molecule has 192 valence electrons. The zero-order valence-electron chi connectivity index (χ0n) is 21.5. The Morgan fingerprint density at radius 1 is 1.29 bits per heavy atom. The predicted octanol–water partition coefficient (Wildman–Crippen LogP) is 2.14. The molecule has 9 nitrogen and oxygen atoms in total. The third-order valence-electron chi connectivity index (χ3n) is 8.54. The van der Waals surface area contributed by atoms with E-state index in [1.165, 1.54) is 16.6 Å². The molecule has 0 bridgehead atoms. The fraction of sp³-hybridized carbons (Fsp3) is 0.654. The number of nitrogens with zero attached hydrogens (tertiary/aromatic N) is 3. The van der Waals surface area contributed by atoms with E-state index >= 15 is 0 Å². The number of Topliss-reactive ketones (excluding diaryl/α,β-unsaturated/α-hetero) is 1. The lowest BCUT2D eigenvalue weighted by Crippen LogP contribution is -2.58. The molecule has 0 aromatic carbocycles. The number of ether oxygens (including phenoxy) is 1. The molecule has 1 aromatic heterocycles. The van der Waals surface area contributed by atoms with E-state index in [0.29, 0.717) is 17.3 Å². The third kappa shape index (κ3) is 3.75. The monoisotopic (exact) mass is 487 g/mol. The topological polar surface area (TPSA) is 125 Å². The SMILES string of the molecule is CC[C@@H]1[C@H]([C@@H]2C=C(CO)[C@@H](O)[C@@]3(O)C(C=C(C)[C@@H]3OC(=O)N(C)c3cc(C)nn3C)C2=O)C1(C)C. The Morgan fingerprint density at radius 2 is 1.94 bits per heavy atom.